The Labute approximate surface area is 174 Å². The van der Waals surface area contributed by atoms with Crippen LogP contribution in [0, 0.1) is 20.8 Å². The number of pyridine rings is 1. The molecule has 0 spiro atoms. The number of carbonyl (C=O) groups is 1. The van der Waals surface area contributed by atoms with Gasteiger partial charge in [-0.3, -0.25) is 4.57 Å². The van der Waals surface area contributed by atoms with Crippen LogP contribution in [-0.4, -0.2) is 41.5 Å². The second-order valence-corrected chi connectivity index (χ2v) is 6.99. The van der Waals surface area contributed by atoms with Crippen molar-refractivity contribution >= 4 is 11.6 Å². The lowest BCUT2D eigenvalue weighted by Crippen LogP contribution is -2.20. The molecule has 0 unspecified atom stereocenters. The number of nitrogens with zero attached hydrogens (tertiary/aromatic N) is 6. The Hall–Kier alpha value is -3.63. The van der Waals surface area contributed by atoms with E-state index in [0.717, 1.165) is 23.1 Å². The smallest absolute Gasteiger partial charge is 0.434 e. The van der Waals surface area contributed by atoms with Crippen molar-refractivity contribution in [2.75, 3.05) is 6.61 Å². The van der Waals surface area contributed by atoms with E-state index in [9.17, 15) is 18.0 Å². The molecule has 0 aliphatic carbocycles. The molecule has 0 fully saturated rings. The van der Waals surface area contributed by atoms with Gasteiger partial charge in [0.2, 0.25) is 0 Å². The van der Waals surface area contributed by atoms with Crippen molar-refractivity contribution in [2.24, 2.45) is 0 Å². The van der Waals surface area contributed by atoms with Gasteiger partial charge in [0.1, 0.15) is 5.56 Å². The van der Waals surface area contributed by atoms with E-state index in [4.69, 9.17) is 4.74 Å². The third kappa shape index (κ3) is 3.35. The van der Waals surface area contributed by atoms with Crippen LogP contribution in [0.25, 0.3) is 17.4 Å². The highest BCUT2D eigenvalue weighted by Gasteiger charge is 2.41. The van der Waals surface area contributed by atoms with E-state index in [-0.39, 0.29) is 12.4 Å². The molecule has 0 saturated carbocycles. The van der Waals surface area contributed by atoms with Crippen molar-refractivity contribution in [3.63, 3.8) is 0 Å². The summed E-state index contributed by atoms with van der Waals surface area (Å²) in [5.41, 5.74) is 1.29. The molecule has 0 bridgehead atoms. The standard InChI is InChI=1S/C20H19F3N6O2/c1-5-31-18(30)14-10-24-29(17(14)20(21,22)23)16-8-6-7-15-25-19(26-28(15)16)27-12(3)9-11(2)13(27)4/h6-10H,5H2,1-4H3. The summed E-state index contributed by atoms with van der Waals surface area (Å²) in [6.45, 7) is 7.22. The van der Waals surface area contributed by atoms with Gasteiger partial charge >= 0.3 is 12.1 Å². The van der Waals surface area contributed by atoms with E-state index in [1.165, 1.54) is 17.5 Å². The van der Waals surface area contributed by atoms with E-state index >= 15 is 0 Å². The number of aryl methyl sites for hydroxylation is 2. The van der Waals surface area contributed by atoms with Crippen molar-refractivity contribution in [3.05, 3.63) is 58.7 Å². The number of esters is 1. The summed E-state index contributed by atoms with van der Waals surface area (Å²) in [5, 5.41) is 8.26. The molecule has 162 valence electrons. The Morgan fingerprint density at radius 1 is 1.19 bits per heavy atom. The maximum Gasteiger partial charge on any atom is 0.434 e. The van der Waals surface area contributed by atoms with Gasteiger partial charge in [0, 0.05) is 11.4 Å². The Morgan fingerprint density at radius 3 is 2.55 bits per heavy atom. The first-order valence-corrected chi connectivity index (χ1v) is 9.48. The van der Waals surface area contributed by atoms with Crippen LogP contribution in [0.4, 0.5) is 13.2 Å². The number of aromatic nitrogens is 6. The summed E-state index contributed by atoms with van der Waals surface area (Å²) in [4.78, 5) is 16.5. The molecule has 4 rings (SSSR count). The predicted octanol–water partition coefficient (Wildman–Crippen LogP) is 3.83. The molecule has 31 heavy (non-hydrogen) atoms. The first kappa shape index (κ1) is 20.6. The zero-order valence-electron chi connectivity index (χ0n) is 17.2. The van der Waals surface area contributed by atoms with Gasteiger partial charge in [0.05, 0.1) is 12.8 Å². The van der Waals surface area contributed by atoms with Gasteiger partial charge in [-0.2, -0.15) is 27.8 Å². The van der Waals surface area contributed by atoms with Crippen LogP contribution < -0.4 is 0 Å². The maximum atomic E-state index is 13.9. The van der Waals surface area contributed by atoms with Gasteiger partial charge in [-0.15, -0.1) is 5.10 Å². The molecule has 0 radical (unpaired) electrons. The van der Waals surface area contributed by atoms with Crippen LogP contribution in [0.1, 0.15) is 39.9 Å². The molecule has 4 aromatic heterocycles. The first-order chi connectivity index (χ1) is 14.6. The zero-order valence-corrected chi connectivity index (χ0v) is 17.2. The number of ether oxygens (including phenoxy) is 1. The van der Waals surface area contributed by atoms with Gasteiger partial charge in [-0.1, -0.05) is 6.07 Å². The summed E-state index contributed by atoms with van der Waals surface area (Å²) in [6, 6.07) is 6.58. The van der Waals surface area contributed by atoms with Crippen molar-refractivity contribution in [3.8, 4) is 11.8 Å². The number of halogens is 3. The zero-order chi connectivity index (χ0) is 22.5. The van der Waals surface area contributed by atoms with E-state index in [2.05, 4.69) is 15.2 Å². The molecule has 0 N–H and O–H groups in total. The van der Waals surface area contributed by atoms with Crippen molar-refractivity contribution in [2.45, 2.75) is 33.9 Å². The Kier molecular flexibility index (Phi) is 4.83. The Morgan fingerprint density at radius 2 is 1.94 bits per heavy atom. The Balaban J connectivity index is 1.94. The van der Waals surface area contributed by atoms with Gasteiger partial charge in [0.25, 0.3) is 5.95 Å². The largest absolute Gasteiger partial charge is 0.462 e. The summed E-state index contributed by atoms with van der Waals surface area (Å²) < 4.78 is 50.2. The summed E-state index contributed by atoms with van der Waals surface area (Å²) in [7, 11) is 0. The van der Waals surface area contributed by atoms with Crippen LogP contribution in [-0.2, 0) is 10.9 Å². The minimum Gasteiger partial charge on any atom is -0.462 e. The lowest BCUT2D eigenvalue weighted by atomic mass is 10.2. The minimum atomic E-state index is -4.85. The number of hydrogen-bond donors (Lipinski definition) is 0. The average Bonchev–Trinajstić information content (AvgIpc) is 3.37. The van der Waals surface area contributed by atoms with Gasteiger partial charge in [0.15, 0.2) is 17.2 Å². The number of carbonyl (C=O) groups excluding carboxylic acids is 1. The molecule has 0 atom stereocenters. The highest BCUT2D eigenvalue weighted by atomic mass is 19.4. The van der Waals surface area contributed by atoms with Gasteiger partial charge < -0.3 is 4.74 Å². The van der Waals surface area contributed by atoms with E-state index in [1.807, 2.05) is 31.4 Å². The van der Waals surface area contributed by atoms with Crippen LogP contribution >= 0.6 is 0 Å². The minimum absolute atomic E-state index is 0.0155. The average molecular weight is 432 g/mol. The molecule has 4 heterocycles. The third-order valence-corrected chi connectivity index (χ3v) is 4.96. The quantitative estimate of drug-likeness (QED) is 0.458. The number of hydrogen-bond acceptors (Lipinski definition) is 5. The summed E-state index contributed by atoms with van der Waals surface area (Å²) in [6.07, 6.45) is -4.00. The van der Waals surface area contributed by atoms with Crippen LogP contribution in [0.2, 0.25) is 0 Å². The highest BCUT2D eigenvalue weighted by molar-refractivity contribution is 5.90. The molecule has 0 aliphatic rings. The maximum absolute atomic E-state index is 13.9. The summed E-state index contributed by atoms with van der Waals surface area (Å²) in [5.74, 6) is -0.790. The lowest BCUT2D eigenvalue weighted by Gasteiger charge is -2.12. The first-order valence-electron chi connectivity index (χ1n) is 9.48. The van der Waals surface area contributed by atoms with Crippen LogP contribution in [0.5, 0.6) is 0 Å². The number of fused-ring (bicyclic) bond motifs is 1. The molecule has 0 aliphatic heterocycles. The number of alkyl halides is 3. The summed E-state index contributed by atoms with van der Waals surface area (Å²) >= 11 is 0. The predicted molar refractivity (Wildman–Crippen MR) is 105 cm³/mol. The Bertz CT molecular complexity index is 1300. The van der Waals surface area contributed by atoms with Crippen LogP contribution in [0.15, 0.2) is 30.5 Å². The second-order valence-electron chi connectivity index (χ2n) is 6.99. The second kappa shape index (κ2) is 7.25. The van der Waals surface area contributed by atoms with Crippen molar-refractivity contribution < 1.29 is 22.7 Å². The fourth-order valence-corrected chi connectivity index (χ4v) is 3.52. The van der Waals surface area contributed by atoms with E-state index in [1.54, 1.807) is 12.1 Å². The van der Waals surface area contributed by atoms with Gasteiger partial charge in [-0.05, 0) is 51.5 Å². The molecule has 4 aromatic rings. The molecular formula is C20H19F3N6O2. The lowest BCUT2D eigenvalue weighted by molar-refractivity contribution is -0.143. The van der Waals surface area contributed by atoms with E-state index in [0.29, 0.717) is 16.3 Å². The monoisotopic (exact) mass is 432 g/mol. The molecule has 0 aromatic carbocycles. The molecular weight excluding hydrogens is 413 g/mol. The van der Waals surface area contributed by atoms with Crippen molar-refractivity contribution in [1.29, 1.82) is 0 Å². The molecule has 0 amide bonds. The van der Waals surface area contributed by atoms with Gasteiger partial charge in [-0.25, -0.2) is 9.48 Å². The topological polar surface area (TPSA) is 79.2 Å². The SMILES string of the molecule is CCOC(=O)c1cnn(-c2cccc3nc(-n4c(C)cc(C)c4C)nn23)c1C(F)(F)F. The van der Waals surface area contributed by atoms with Crippen LogP contribution in [0.3, 0.4) is 0 Å². The number of rotatable bonds is 4. The third-order valence-electron chi connectivity index (χ3n) is 4.96. The normalized spacial score (nSPS) is 12.0. The van der Waals surface area contributed by atoms with Crippen molar-refractivity contribution in [1.82, 2.24) is 28.9 Å². The fourth-order valence-electron chi connectivity index (χ4n) is 3.52. The molecule has 8 nitrogen and oxygen atoms in total. The van der Waals surface area contributed by atoms with E-state index < -0.39 is 23.4 Å². The highest BCUT2D eigenvalue weighted by Crippen LogP contribution is 2.34. The fraction of sp³-hybridized carbons (Fsp3) is 0.300. The molecule has 11 heteroatoms. The molecule has 0 saturated heterocycles.